The number of amides is 2. The molecule has 3 aliphatic rings. The lowest BCUT2D eigenvalue weighted by molar-refractivity contribution is -0.889. The number of likely N-dealkylation sites (N-methyl/N-ethyl adjacent to an activating group) is 1. The summed E-state index contributed by atoms with van der Waals surface area (Å²) in [6, 6.07) is 0. The van der Waals surface area contributed by atoms with Gasteiger partial charge < -0.3 is 9.22 Å². The van der Waals surface area contributed by atoms with Gasteiger partial charge in [-0.2, -0.15) is 0 Å². The van der Waals surface area contributed by atoms with Crippen molar-refractivity contribution in [2.24, 2.45) is 11.8 Å². The predicted octanol–water partition coefficient (Wildman–Crippen LogP) is 5.87. The Hall–Kier alpha value is -1.20. The Bertz CT molecular complexity index is 703. The van der Waals surface area contributed by atoms with Crippen LogP contribution in [-0.4, -0.2) is 66.6 Å². The van der Waals surface area contributed by atoms with Crippen molar-refractivity contribution in [1.29, 1.82) is 0 Å². The van der Waals surface area contributed by atoms with Crippen LogP contribution in [0.2, 0.25) is 0 Å². The molecule has 5 nitrogen and oxygen atoms in total. The molecule has 194 valence electrons. The van der Waals surface area contributed by atoms with Crippen molar-refractivity contribution in [1.82, 2.24) is 4.90 Å². The number of ether oxygens (including phenoxy) is 1. The molecule has 0 aromatic rings. The zero-order valence-electron chi connectivity index (χ0n) is 22.5. The van der Waals surface area contributed by atoms with Crippen molar-refractivity contribution in [3.8, 4) is 0 Å². The first kappa shape index (κ1) is 27.4. The Kier molecular flexibility index (Phi) is 10.2. The summed E-state index contributed by atoms with van der Waals surface area (Å²) in [4.78, 5) is 28.1. The molecule has 0 spiro atoms. The molecule has 2 amide bonds. The van der Waals surface area contributed by atoms with Crippen LogP contribution in [0.1, 0.15) is 104 Å². The van der Waals surface area contributed by atoms with Crippen LogP contribution in [0, 0.1) is 11.8 Å². The van der Waals surface area contributed by atoms with Gasteiger partial charge in [0.05, 0.1) is 57.3 Å². The highest BCUT2D eigenvalue weighted by molar-refractivity contribution is 6.07. The normalized spacial score (nSPS) is 27.9. The monoisotopic (exact) mass is 475 g/mol. The van der Waals surface area contributed by atoms with Crippen LogP contribution >= 0.6 is 0 Å². The number of carbonyl (C=O) groups is 2. The average Bonchev–Trinajstić information content (AvgIpc) is 3.44. The Balaban J connectivity index is 1.38. The van der Waals surface area contributed by atoms with Crippen LogP contribution in [0.15, 0.2) is 12.2 Å². The molecule has 0 aromatic heterocycles. The number of nitrogens with zero attached hydrogens (tertiary/aromatic N) is 2. The number of quaternary nitrogens is 1. The van der Waals surface area contributed by atoms with E-state index in [1.165, 1.54) is 64.2 Å². The van der Waals surface area contributed by atoms with Gasteiger partial charge in [0, 0.05) is 0 Å². The van der Waals surface area contributed by atoms with Crippen LogP contribution in [0.3, 0.4) is 0 Å². The van der Waals surface area contributed by atoms with Crippen molar-refractivity contribution < 1.29 is 18.8 Å². The predicted molar refractivity (Wildman–Crippen MR) is 138 cm³/mol. The molecule has 0 N–H and O–H groups in total. The lowest BCUT2D eigenvalue weighted by Gasteiger charge is -2.32. The minimum absolute atomic E-state index is 0.000605. The first-order valence-electron chi connectivity index (χ1n) is 14.4. The van der Waals surface area contributed by atoms with Crippen LogP contribution in [0.5, 0.6) is 0 Å². The number of hydrogen-bond acceptors (Lipinski definition) is 3. The lowest BCUT2D eigenvalue weighted by Crippen LogP contribution is -2.48. The molecule has 2 saturated heterocycles. The van der Waals surface area contributed by atoms with Crippen molar-refractivity contribution in [2.45, 2.75) is 115 Å². The zero-order chi connectivity index (χ0) is 24.6. The highest BCUT2D eigenvalue weighted by Gasteiger charge is 2.67. The van der Waals surface area contributed by atoms with E-state index in [1.54, 1.807) is 4.90 Å². The summed E-state index contributed by atoms with van der Waals surface area (Å²) in [5.74, 6) is -0.584. The standard InChI is InChI=1S/C29H51N2O3/c1-5-7-9-10-11-12-13-14-15-17-22-31(3,4)23-21-30-27(32)25-24-18-20-29(34-24,19-16-8-6-2)26(25)28(30)33/h18,20,24-26H,5-17,19,21-23H2,1-4H3/q+1. The van der Waals surface area contributed by atoms with Gasteiger partial charge in [-0.05, 0) is 19.3 Å². The topological polar surface area (TPSA) is 46.6 Å². The third kappa shape index (κ3) is 6.51. The summed E-state index contributed by atoms with van der Waals surface area (Å²) in [7, 11) is 4.47. The third-order valence-electron chi connectivity index (χ3n) is 8.46. The van der Waals surface area contributed by atoms with Gasteiger partial charge in [0.15, 0.2) is 0 Å². The molecule has 3 aliphatic heterocycles. The molecular formula is C29H51N2O3+. The summed E-state index contributed by atoms with van der Waals surface area (Å²) < 4.78 is 7.11. The van der Waals surface area contributed by atoms with Crippen LogP contribution in [-0.2, 0) is 14.3 Å². The molecule has 0 aliphatic carbocycles. The van der Waals surface area contributed by atoms with Crippen LogP contribution in [0.4, 0.5) is 0 Å². The van der Waals surface area contributed by atoms with E-state index in [0.29, 0.717) is 6.54 Å². The molecule has 3 rings (SSSR count). The van der Waals surface area contributed by atoms with Crippen LogP contribution < -0.4 is 0 Å². The molecule has 0 saturated carbocycles. The highest BCUT2D eigenvalue weighted by atomic mass is 16.5. The van der Waals surface area contributed by atoms with E-state index in [0.717, 1.165) is 43.3 Å². The third-order valence-corrected chi connectivity index (χ3v) is 8.46. The van der Waals surface area contributed by atoms with E-state index in [9.17, 15) is 9.59 Å². The van der Waals surface area contributed by atoms with E-state index in [2.05, 4.69) is 34.0 Å². The van der Waals surface area contributed by atoms with Crippen molar-refractivity contribution in [3.63, 3.8) is 0 Å². The molecule has 2 fully saturated rings. The fourth-order valence-electron chi connectivity index (χ4n) is 6.23. The average molecular weight is 476 g/mol. The fraction of sp³-hybridized carbons (Fsp3) is 0.862. The number of likely N-dealkylation sites (tertiary alicyclic amines) is 1. The van der Waals surface area contributed by atoms with E-state index >= 15 is 0 Å². The Labute approximate surface area is 208 Å². The second-order valence-corrected chi connectivity index (χ2v) is 11.8. The van der Waals surface area contributed by atoms with Gasteiger partial charge in [-0.3, -0.25) is 14.5 Å². The van der Waals surface area contributed by atoms with Gasteiger partial charge in [-0.1, -0.05) is 96.6 Å². The first-order valence-corrected chi connectivity index (χ1v) is 14.4. The van der Waals surface area contributed by atoms with Crippen LogP contribution in [0.25, 0.3) is 0 Å². The van der Waals surface area contributed by atoms with Gasteiger partial charge in [-0.25, -0.2) is 0 Å². The maximum atomic E-state index is 13.4. The quantitative estimate of drug-likeness (QED) is 0.108. The number of imide groups is 1. The largest absolute Gasteiger partial charge is 0.362 e. The molecule has 5 heteroatoms. The molecular weight excluding hydrogens is 424 g/mol. The summed E-state index contributed by atoms with van der Waals surface area (Å²) in [6.07, 6.45) is 21.5. The number of fused-ring (bicyclic) bond motifs is 5. The van der Waals surface area contributed by atoms with E-state index in [1.807, 2.05) is 6.08 Å². The Morgan fingerprint density at radius 1 is 0.824 bits per heavy atom. The zero-order valence-corrected chi connectivity index (χ0v) is 22.5. The smallest absolute Gasteiger partial charge is 0.236 e. The van der Waals surface area contributed by atoms with Gasteiger partial charge >= 0.3 is 0 Å². The van der Waals surface area contributed by atoms with E-state index in [4.69, 9.17) is 4.74 Å². The van der Waals surface area contributed by atoms with E-state index < -0.39 is 5.60 Å². The molecule has 0 radical (unpaired) electrons. The summed E-state index contributed by atoms with van der Waals surface area (Å²) in [6.45, 7) is 6.93. The summed E-state index contributed by atoms with van der Waals surface area (Å²) in [5.41, 5.74) is -0.535. The van der Waals surface area contributed by atoms with E-state index in [-0.39, 0.29) is 29.8 Å². The Morgan fingerprint density at radius 2 is 1.41 bits per heavy atom. The first-order chi connectivity index (χ1) is 16.4. The minimum Gasteiger partial charge on any atom is -0.362 e. The minimum atomic E-state index is -0.535. The maximum absolute atomic E-state index is 13.4. The summed E-state index contributed by atoms with van der Waals surface area (Å²) in [5, 5.41) is 0. The van der Waals surface area contributed by atoms with Gasteiger partial charge in [-0.15, -0.1) is 0 Å². The number of unbranched alkanes of at least 4 members (excludes halogenated alkanes) is 11. The maximum Gasteiger partial charge on any atom is 0.236 e. The molecule has 4 unspecified atom stereocenters. The number of rotatable bonds is 18. The fourth-order valence-corrected chi connectivity index (χ4v) is 6.23. The van der Waals surface area contributed by atoms with Gasteiger partial charge in [0.25, 0.3) is 0 Å². The number of hydrogen-bond donors (Lipinski definition) is 0. The van der Waals surface area contributed by atoms with Crippen molar-refractivity contribution in [3.05, 3.63) is 12.2 Å². The second kappa shape index (κ2) is 12.7. The highest BCUT2D eigenvalue weighted by Crippen LogP contribution is 2.53. The molecule has 34 heavy (non-hydrogen) atoms. The van der Waals surface area contributed by atoms with Crippen molar-refractivity contribution >= 4 is 11.8 Å². The van der Waals surface area contributed by atoms with Crippen molar-refractivity contribution in [2.75, 3.05) is 33.7 Å². The molecule has 2 bridgehead atoms. The van der Waals surface area contributed by atoms with Gasteiger partial charge in [0.2, 0.25) is 11.8 Å². The van der Waals surface area contributed by atoms with Gasteiger partial charge in [0.1, 0.15) is 0 Å². The number of carbonyl (C=O) groups excluding carboxylic acids is 2. The molecule has 0 aromatic carbocycles. The molecule has 4 atom stereocenters. The second-order valence-electron chi connectivity index (χ2n) is 11.8. The lowest BCUT2D eigenvalue weighted by atomic mass is 9.74. The SMILES string of the molecule is CCCCCCCCCCCC[N+](C)(C)CCN1C(=O)C2C3C=CC(CCCCC)(O3)C2C1=O. The summed E-state index contributed by atoms with van der Waals surface area (Å²) >= 11 is 0. The molecule has 3 heterocycles. The Morgan fingerprint density at radius 3 is 2.06 bits per heavy atom.